The van der Waals surface area contributed by atoms with Gasteiger partial charge in [-0.25, -0.2) is 0 Å². The van der Waals surface area contributed by atoms with Crippen molar-refractivity contribution in [2.45, 2.75) is 32.6 Å². The van der Waals surface area contributed by atoms with Crippen LogP contribution in [-0.4, -0.2) is 10.2 Å². The molecule has 2 N–H and O–H groups in total. The molecule has 2 rings (SSSR count). The first-order valence-corrected chi connectivity index (χ1v) is 6.27. The lowest BCUT2D eigenvalue weighted by Gasteiger charge is -2.15. The topological polar surface area (TPSA) is 40.7 Å². The first kappa shape index (κ1) is 14.6. The number of H-pyrrole nitrogens is 1. The van der Waals surface area contributed by atoms with Gasteiger partial charge in [0.15, 0.2) is 0 Å². The second kappa shape index (κ2) is 5.66. The van der Waals surface area contributed by atoms with E-state index in [1.165, 1.54) is 12.1 Å². The maximum absolute atomic E-state index is 12.5. The molecule has 0 saturated carbocycles. The zero-order chi connectivity index (χ0) is 14.8. The number of halogens is 3. The molecule has 108 valence electrons. The molecule has 3 nitrogen and oxygen atoms in total. The third-order valence-corrected chi connectivity index (χ3v) is 3.27. The largest absolute Gasteiger partial charge is 0.416 e. The molecule has 20 heavy (non-hydrogen) atoms. The Kier molecular flexibility index (Phi) is 4.13. The molecule has 0 amide bonds. The van der Waals surface area contributed by atoms with E-state index < -0.39 is 11.7 Å². The molecule has 0 aliphatic carbocycles. The van der Waals surface area contributed by atoms with Crippen molar-refractivity contribution in [1.82, 2.24) is 15.5 Å². The Bertz CT molecular complexity index is 558. The van der Waals surface area contributed by atoms with Crippen molar-refractivity contribution in [1.29, 1.82) is 0 Å². The highest BCUT2D eigenvalue weighted by Crippen LogP contribution is 2.29. The van der Waals surface area contributed by atoms with Crippen LogP contribution in [0.1, 0.15) is 35.3 Å². The molecule has 0 aliphatic heterocycles. The molecule has 0 radical (unpaired) electrons. The van der Waals surface area contributed by atoms with Crippen molar-refractivity contribution in [3.63, 3.8) is 0 Å². The Labute approximate surface area is 115 Å². The van der Waals surface area contributed by atoms with Crippen LogP contribution in [-0.2, 0) is 12.7 Å². The number of rotatable bonds is 4. The van der Waals surface area contributed by atoms with Gasteiger partial charge in [0.25, 0.3) is 0 Å². The van der Waals surface area contributed by atoms with Crippen LogP contribution in [0.5, 0.6) is 0 Å². The SMILES string of the molecule is Cc1[nH]ncc1CNC(C)c1ccc(C(F)(F)F)cc1. The van der Waals surface area contributed by atoms with E-state index in [0.717, 1.165) is 29.0 Å². The highest BCUT2D eigenvalue weighted by atomic mass is 19.4. The van der Waals surface area contributed by atoms with Gasteiger partial charge in [-0.3, -0.25) is 5.10 Å². The van der Waals surface area contributed by atoms with Gasteiger partial charge in [-0.1, -0.05) is 12.1 Å². The van der Waals surface area contributed by atoms with Gasteiger partial charge in [-0.2, -0.15) is 18.3 Å². The lowest BCUT2D eigenvalue weighted by molar-refractivity contribution is -0.137. The third-order valence-electron chi connectivity index (χ3n) is 3.27. The Balaban J connectivity index is 1.99. The lowest BCUT2D eigenvalue weighted by Crippen LogP contribution is -2.18. The van der Waals surface area contributed by atoms with Crippen LogP contribution >= 0.6 is 0 Å². The molecule has 1 unspecified atom stereocenters. The molecule has 1 atom stereocenters. The van der Waals surface area contributed by atoms with E-state index in [0.29, 0.717) is 6.54 Å². The number of benzene rings is 1. The minimum absolute atomic E-state index is 0.0356. The zero-order valence-electron chi connectivity index (χ0n) is 11.3. The van der Waals surface area contributed by atoms with E-state index in [1.807, 2.05) is 13.8 Å². The molecule has 6 heteroatoms. The van der Waals surface area contributed by atoms with Crippen LogP contribution in [0.15, 0.2) is 30.5 Å². The summed E-state index contributed by atoms with van der Waals surface area (Å²) in [7, 11) is 0. The predicted molar refractivity (Wildman–Crippen MR) is 70.0 cm³/mol. The van der Waals surface area contributed by atoms with Crippen LogP contribution in [0.4, 0.5) is 13.2 Å². The molecule has 2 aromatic rings. The number of aromatic amines is 1. The van der Waals surface area contributed by atoms with Crippen molar-refractivity contribution < 1.29 is 13.2 Å². The number of hydrogen-bond donors (Lipinski definition) is 2. The molecular formula is C14H16F3N3. The third kappa shape index (κ3) is 3.39. The fourth-order valence-electron chi connectivity index (χ4n) is 1.90. The molecule has 0 fully saturated rings. The number of aryl methyl sites for hydroxylation is 1. The zero-order valence-corrected chi connectivity index (χ0v) is 11.3. The summed E-state index contributed by atoms with van der Waals surface area (Å²) in [5.74, 6) is 0. The summed E-state index contributed by atoms with van der Waals surface area (Å²) in [4.78, 5) is 0. The van der Waals surface area contributed by atoms with Gasteiger partial charge >= 0.3 is 6.18 Å². The van der Waals surface area contributed by atoms with Gasteiger partial charge in [-0.05, 0) is 31.5 Å². The molecule has 0 saturated heterocycles. The Hall–Kier alpha value is -1.82. The van der Waals surface area contributed by atoms with Crippen LogP contribution < -0.4 is 5.32 Å². The number of nitrogens with one attached hydrogen (secondary N) is 2. The maximum Gasteiger partial charge on any atom is 0.416 e. The summed E-state index contributed by atoms with van der Waals surface area (Å²) >= 11 is 0. The number of hydrogen-bond acceptors (Lipinski definition) is 2. The summed E-state index contributed by atoms with van der Waals surface area (Å²) in [5.41, 5.74) is 2.22. The highest BCUT2D eigenvalue weighted by molar-refractivity contribution is 5.26. The molecule has 1 heterocycles. The molecule has 0 bridgehead atoms. The molecule has 0 aliphatic rings. The minimum atomic E-state index is -4.29. The van der Waals surface area contributed by atoms with Crippen molar-refractivity contribution in [2.75, 3.05) is 0 Å². The summed E-state index contributed by atoms with van der Waals surface area (Å²) in [5, 5.41) is 10.0. The van der Waals surface area contributed by atoms with E-state index in [1.54, 1.807) is 6.20 Å². The van der Waals surface area contributed by atoms with Gasteiger partial charge < -0.3 is 5.32 Å². The lowest BCUT2D eigenvalue weighted by atomic mass is 10.1. The maximum atomic E-state index is 12.5. The molecule has 1 aromatic carbocycles. The molecule has 1 aromatic heterocycles. The summed E-state index contributed by atoms with van der Waals surface area (Å²) in [6.45, 7) is 4.45. The normalized spacial score (nSPS) is 13.4. The van der Waals surface area contributed by atoms with E-state index >= 15 is 0 Å². The second-order valence-electron chi connectivity index (χ2n) is 4.74. The van der Waals surface area contributed by atoms with Crippen LogP contribution in [0.3, 0.4) is 0 Å². The smallest absolute Gasteiger partial charge is 0.306 e. The Morgan fingerprint density at radius 3 is 2.40 bits per heavy atom. The number of alkyl halides is 3. The standard InChI is InChI=1S/C14H16F3N3/c1-9(18-7-12-8-19-20-10(12)2)11-3-5-13(6-4-11)14(15,16)17/h3-6,8-9,18H,7H2,1-2H3,(H,19,20). The van der Waals surface area contributed by atoms with Crippen LogP contribution in [0.2, 0.25) is 0 Å². The fourth-order valence-corrected chi connectivity index (χ4v) is 1.90. The first-order valence-electron chi connectivity index (χ1n) is 6.27. The highest BCUT2D eigenvalue weighted by Gasteiger charge is 2.30. The van der Waals surface area contributed by atoms with E-state index in [9.17, 15) is 13.2 Å². The van der Waals surface area contributed by atoms with Crippen molar-refractivity contribution >= 4 is 0 Å². The van der Waals surface area contributed by atoms with Gasteiger partial charge in [0.05, 0.1) is 11.8 Å². The fraction of sp³-hybridized carbons (Fsp3) is 0.357. The Morgan fingerprint density at radius 2 is 1.90 bits per heavy atom. The average molecular weight is 283 g/mol. The first-order chi connectivity index (χ1) is 9.38. The van der Waals surface area contributed by atoms with Gasteiger partial charge in [0.2, 0.25) is 0 Å². The van der Waals surface area contributed by atoms with Crippen LogP contribution in [0.25, 0.3) is 0 Å². The van der Waals surface area contributed by atoms with Crippen molar-refractivity contribution in [3.8, 4) is 0 Å². The minimum Gasteiger partial charge on any atom is -0.306 e. The molecular weight excluding hydrogens is 267 g/mol. The number of aromatic nitrogens is 2. The number of nitrogens with zero attached hydrogens (tertiary/aromatic N) is 1. The summed E-state index contributed by atoms with van der Waals surface area (Å²) in [6, 6.07) is 5.19. The monoisotopic (exact) mass is 283 g/mol. The second-order valence-corrected chi connectivity index (χ2v) is 4.74. The predicted octanol–water partition coefficient (Wildman–Crippen LogP) is 3.59. The van der Waals surface area contributed by atoms with E-state index in [-0.39, 0.29) is 6.04 Å². The van der Waals surface area contributed by atoms with Gasteiger partial charge in [0, 0.05) is 23.8 Å². The average Bonchev–Trinajstić information content (AvgIpc) is 2.81. The van der Waals surface area contributed by atoms with E-state index in [2.05, 4.69) is 15.5 Å². The van der Waals surface area contributed by atoms with Crippen molar-refractivity contribution in [2.24, 2.45) is 0 Å². The van der Waals surface area contributed by atoms with E-state index in [4.69, 9.17) is 0 Å². The summed E-state index contributed by atoms with van der Waals surface area (Å²) < 4.78 is 37.4. The van der Waals surface area contributed by atoms with Gasteiger partial charge in [0.1, 0.15) is 0 Å². The van der Waals surface area contributed by atoms with Crippen molar-refractivity contribution in [3.05, 3.63) is 52.8 Å². The van der Waals surface area contributed by atoms with Gasteiger partial charge in [-0.15, -0.1) is 0 Å². The molecule has 0 spiro atoms. The Morgan fingerprint density at radius 1 is 1.25 bits per heavy atom. The summed E-state index contributed by atoms with van der Waals surface area (Å²) in [6.07, 6.45) is -2.55. The quantitative estimate of drug-likeness (QED) is 0.900. The van der Waals surface area contributed by atoms with Crippen LogP contribution in [0, 0.1) is 6.92 Å².